The average Bonchev–Trinajstić information content (AvgIpc) is 2.51. The summed E-state index contributed by atoms with van der Waals surface area (Å²) in [4.78, 5) is 23.3. The molecule has 10 heteroatoms. The van der Waals surface area contributed by atoms with E-state index in [1.54, 1.807) is 0 Å². The highest BCUT2D eigenvalue weighted by atomic mass is 31.2. The van der Waals surface area contributed by atoms with E-state index < -0.39 is 15.2 Å². The molecule has 0 aliphatic heterocycles. The van der Waals surface area contributed by atoms with Crippen molar-refractivity contribution in [2.24, 2.45) is 0 Å². The van der Waals surface area contributed by atoms with Crippen LogP contribution in [0.3, 0.4) is 0 Å². The number of ketones is 2. The zero-order valence-corrected chi connectivity index (χ0v) is 15.2. The number of hydrogen-bond donors (Lipinski definition) is 0. The SMILES string of the molecule is COP(=O)(CC(=O)CCCCC(=O)CP(=O)(OC)OC)OC. The molecule has 0 saturated heterocycles. The van der Waals surface area contributed by atoms with Crippen LogP contribution < -0.4 is 0 Å². The predicted molar refractivity (Wildman–Crippen MR) is 81.5 cm³/mol. The van der Waals surface area contributed by atoms with E-state index in [4.69, 9.17) is 0 Å². The lowest BCUT2D eigenvalue weighted by molar-refractivity contribution is -0.118. The maximum absolute atomic E-state index is 11.7. The minimum absolute atomic E-state index is 0.177. The van der Waals surface area contributed by atoms with Crippen LogP contribution in [0.5, 0.6) is 0 Å². The fourth-order valence-electron chi connectivity index (χ4n) is 1.64. The topological polar surface area (TPSA) is 105 Å². The number of unbranched alkanes of at least 4 members (excludes halogenated alkanes) is 1. The van der Waals surface area contributed by atoms with Crippen LogP contribution in [-0.4, -0.2) is 52.3 Å². The third kappa shape index (κ3) is 8.32. The first kappa shape index (κ1) is 21.6. The van der Waals surface area contributed by atoms with Crippen LogP contribution >= 0.6 is 15.2 Å². The maximum Gasteiger partial charge on any atom is 0.337 e. The van der Waals surface area contributed by atoms with Gasteiger partial charge in [-0.3, -0.25) is 18.7 Å². The van der Waals surface area contributed by atoms with E-state index in [1.165, 1.54) is 28.4 Å². The standard InChI is InChI=1S/C12H24O8P2/c1-17-21(15,18-2)9-11(13)7-5-6-8-12(14)10-22(16,19-3)20-4/h5-10H2,1-4H3. The molecule has 0 radical (unpaired) electrons. The van der Waals surface area contributed by atoms with Crippen LogP contribution in [-0.2, 0) is 36.8 Å². The van der Waals surface area contributed by atoms with E-state index in [0.717, 1.165) is 0 Å². The summed E-state index contributed by atoms with van der Waals surface area (Å²) < 4.78 is 42.2. The van der Waals surface area contributed by atoms with Gasteiger partial charge >= 0.3 is 15.2 Å². The second-order valence-corrected chi connectivity index (χ2v) is 9.09. The Labute approximate surface area is 130 Å². The van der Waals surface area contributed by atoms with Gasteiger partial charge in [0.2, 0.25) is 0 Å². The van der Waals surface area contributed by atoms with Crippen LogP contribution in [0, 0.1) is 0 Å². The van der Waals surface area contributed by atoms with Crippen molar-refractivity contribution in [2.75, 3.05) is 40.8 Å². The monoisotopic (exact) mass is 358 g/mol. The van der Waals surface area contributed by atoms with Gasteiger partial charge in [0, 0.05) is 41.3 Å². The van der Waals surface area contributed by atoms with Gasteiger partial charge in [-0.1, -0.05) is 0 Å². The molecule has 0 aromatic heterocycles. The van der Waals surface area contributed by atoms with Crippen LogP contribution in [0.2, 0.25) is 0 Å². The molecule has 0 aliphatic rings. The van der Waals surface area contributed by atoms with Crippen molar-refractivity contribution in [3.05, 3.63) is 0 Å². The first-order valence-corrected chi connectivity index (χ1v) is 10.1. The van der Waals surface area contributed by atoms with E-state index in [9.17, 15) is 18.7 Å². The van der Waals surface area contributed by atoms with Crippen molar-refractivity contribution < 1.29 is 36.8 Å². The summed E-state index contributed by atoms with van der Waals surface area (Å²) in [5.41, 5.74) is 0. The molecular formula is C12H24O8P2. The molecule has 22 heavy (non-hydrogen) atoms. The molecule has 0 heterocycles. The third-order valence-electron chi connectivity index (χ3n) is 3.01. The number of carbonyl (C=O) groups excluding carboxylic acids is 2. The Bertz CT molecular complexity index is 404. The maximum atomic E-state index is 11.7. The summed E-state index contributed by atoms with van der Waals surface area (Å²) >= 11 is 0. The average molecular weight is 358 g/mol. The van der Waals surface area contributed by atoms with E-state index >= 15 is 0 Å². The molecule has 8 nitrogen and oxygen atoms in total. The van der Waals surface area contributed by atoms with Gasteiger partial charge in [-0.15, -0.1) is 0 Å². The van der Waals surface area contributed by atoms with E-state index in [0.29, 0.717) is 12.8 Å². The van der Waals surface area contributed by atoms with Crippen molar-refractivity contribution in [3.8, 4) is 0 Å². The summed E-state index contributed by atoms with van der Waals surface area (Å²) in [6, 6.07) is 0. The van der Waals surface area contributed by atoms with Crippen LogP contribution in [0.4, 0.5) is 0 Å². The molecule has 0 N–H and O–H groups in total. The molecule has 0 unspecified atom stereocenters. The van der Waals surface area contributed by atoms with Crippen molar-refractivity contribution in [3.63, 3.8) is 0 Å². The molecule has 0 bridgehead atoms. The molecule has 0 spiro atoms. The van der Waals surface area contributed by atoms with Crippen molar-refractivity contribution in [2.45, 2.75) is 25.7 Å². The van der Waals surface area contributed by atoms with Crippen LogP contribution in [0.15, 0.2) is 0 Å². The fraction of sp³-hybridized carbons (Fsp3) is 0.833. The lowest BCUT2D eigenvalue weighted by atomic mass is 10.1. The summed E-state index contributed by atoms with van der Waals surface area (Å²) in [5.74, 6) is -0.502. The smallest absolute Gasteiger partial charge is 0.312 e. The molecule has 0 fully saturated rings. The van der Waals surface area contributed by atoms with Gasteiger partial charge in [0.25, 0.3) is 0 Å². The second-order valence-electron chi connectivity index (χ2n) is 4.55. The van der Waals surface area contributed by atoms with E-state index in [1.807, 2.05) is 0 Å². The van der Waals surface area contributed by atoms with Gasteiger partial charge in [0.15, 0.2) is 0 Å². The molecule has 0 amide bonds. The Balaban J connectivity index is 4.03. The lowest BCUT2D eigenvalue weighted by Crippen LogP contribution is -2.09. The van der Waals surface area contributed by atoms with Crippen molar-refractivity contribution in [1.29, 1.82) is 0 Å². The summed E-state index contributed by atoms with van der Waals surface area (Å²) in [6.45, 7) is 0. The third-order valence-corrected chi connectivity index (χ3v) is 6.72. The van der Waals surface area contributed by atoms with E-state index in [2.05, 4.69) is 18.1 Å². The van der Waals surface area contributed by atoms with Gasteiger partial charge in [-0.25, -0.2) is 0 Å². The molecule has 0 aromatic carbocycles. The van der Waals surface area contributed by atoms with Crippen molar-refractivity contribution in [1.82, 2.24) is 0 Å². The fourth-order valence-corrected chi connectivity index (χ4v) is 3.64. The van der Waals surface area contributed by atoms with Gasteiger partial charge in [-0.2, -0.15) is 0 Å². The lowest BCUT2D eigenvalue weighted by Gasteiger charge is -2.13. The summed E-state index contributed by atoms with van der Waals surface area (Å²) in [5, 5.41) is 0. The van der Waals surface area contributed by atoms with Gasteiger partial charge in [0.05, 0.1) is 0 Å². The van der Waals surface area contributed by atoms with Crippen LogP contribution in [0.1, 0.15) is 25.7 Å². The minimum atomic E-state index is -3.33. The Kier molecular flexibility index (Phi) is 10.3. The predicted octanol–water partition coefficient (Wildman–Crippen LogP) is 2.66. The molecule has 0 rings (SSSR count). The summed E-state index contributed by atoms with van der Waals surface area (Å²) in [6.07, 6.45) is 0.712. The number of Topliss-reactive ketones (excluding diaryl/α,β-unsaturated/α-hetero) is 2. The largest absolute Gasteiger partial charge is 0.337 e. The Morgan fingerprint density at radius 3 is 1.18 bits per heavy atom. The van der Waals surface area contributed by atoms with Crippen molar-refractivity contribution >= 4 is 26.8 Å². The number of rotatable bonds is 13. The quantitative estimate of drug-likeness (QED) is 0.365. The molecule has 130 valence electrons. The first-order valence-electron chi connectivity index (χ1n) is 6.68. The molecule has 0 aromatic rings. The van der Waals surface area contributed by atoms with Gasteiger partial charge in [0.1, 0.15) is 23.9 Å². The Morgan fingerprint density at radius 2 is 0.955 bits per heavy atom. The molecule has 0 atom stereocenters. The molecule has 0 saturated carbocycles. The minimum Gasteiger partial charge on any atom is -0.312 e. The molecular weight excluding hydrogens is 334 g/mol. The highest BCUT2D eigenvalue weighted by Crippen LogP contribution is 2.47. The zero-order valence-electron chi connectivity index (χ0n) is 13.4. The second kappa shape index (κ2) is 10.4. The van der Waals surface area contributed by atoms with Crippen LogP contribution in [0.25, 0.3) is 0 Å². The number of hydrogen-bond acceptors (Lipinski definition) is 8. The Morgan fingerprint density at radius 1 is 0.682 bits per heavy atom. The first-order chi connectivity index (χ1) is 10.2. The molecule has 0 aliphatic carbocycles. The normalized spacial score (nSPS) is 12.4. The van der Waals surface area contributed by atoms with E-state index in [-0.39, 0.29) is 36.7 Å². The zero-order chi connectivity index (χ0) is 17.2. The summed E-state index contributed by atoms with van der Waals surface area (Å²) in [7, 11) is -1.77. The Hall–Kier alpha value is -0.360. The highest BCUT2D eigenvalue weighted by Gasteiger charge is 2.26. The van der Waals surface area contributed by atoms with Gasteiger partial charge < -0.3 is 18.1 Å². The number of carbonyl (C=O) groups is 2. The highest BCUT2D eigenvalue weighted by molar-refractivity contribution is 7.55. The van der Waals surface area contributed by atoms with Gasteiger partial charge in [-0.05, 0) is 12.8 Å².